The van der Waals surface area contributed by atoms with Crippen LogP contribution in [-0.4, -0.2) is 127 Å². The van der Waals surface area contributed by atoms with E-state index in [4.69, 9.17) is 37.3 Å². The Kier molecular flexibility index (Phi) is 26.8. The van der Waals surface area contributed by atoms with Crippen molar-refractivity contribution in [2.45, 2.75) is 50.6 Å². The maximum atomic E-state index is 13.3. The zero-order valence-corrected chi connectivity index (χ0v) is 25.6. The van der Waals surface area contributed by atoms with Gasteiger partial charge in [-0.3, -0.25) is 24.0 Å². The number of hydrogen-bond donors (Lipinski definition) is 9. The lowest BCUT2D eigenvalue weighted by atomic mass is 10.1. The van der Waals surface area contributed by atoms with E-state index >= 15 is 0 Å². The van der Waals surface area contributed by atoms with Crippen LogP contribution in [0.3, 0.4) is 0 Å². The summed E-state index contributed by atoms with van der Waals surface area (Å²) in [6, 6.07) is -1.90. The minimum absolute atomic E-state index is 0.0713. The molecule has 0 aromatic heterocycles. The van der Waals surface area contributed by atoms with E-state index in [1.54, 1.807) is 0 Å². The number of carbonyl (C=O) groups is 5. The van der Waals surface area contributed by atoms with Gasteiger partial charge in [-0.1, -0.05) is 0 Å². The summed E-state index contributed by atoms with van der Waals surface area (Å²) >= 11 is 0. The van der Waals surface area contributed by atoms with E-state index in [0.29, 0.717) is 51.9 Å². The number of carbonyl (C=O) groups excluding carboxylic acids is 5. The summed E-state index contributed by atoms with van der Waals surface area (Å²) in [5.74, 6) is 2.93. The quantitative estimate of drug-likeness (QED) is 0.0277. The minimum atomic E-state index is -0.969. The van der Waals surface area contributed by atoms with Crippen molar-refractivity contribution >= 4 is 29.5 Å². The molecule has 0 aliphatic heterocycles. The van der Waals surface area contributed by atoms with E-state index in [-0.39, 0.29) is 84.0 Å². The standard InChI is InChI=1S/C26H53N9O9/c27-7-13-41-17-22(36)31-10-3-1-5-20(25(39)33-12-16-44-30)35-26(40)21(34-24(38)19-43-15-9-29)6-2-4-11-32-23(37)18-42-14-8-28/h20-21H,1-19,27-30H2,(H,31,36)(H,32,37)(H,33,39)(H,34,38)(H,35,40)/t20-,21-/m0/s1. The summed E-state index contributed by atoms with van der Waals surface area (Å²) < 4.78 is 15.3. The van der Waals surface area contributed by atoms with Crippen molar-refractivity contribution in [3.63, 3.8) is 0 Å². The van der Waals surface area contributed by atoms with Crippen molar-refractivity contribution in [1.82, 2.24) is 26.6 Å². The molecule has 44 heavy (non-hydrogen) atoms. The van der Waals surface area contributed by atoms with Crippen LogP contribution in [0.15, 0.2) is 0 Å². The van der Waals surface area contributed by atoms with Crippen LogP contribution in [0, 0.1) is 0 Å². The lowest BCUT2D eigenvalue weighted by Gasteiger charge is -2.23. The molecule has 13 N–H and O–H groups in total. The SMILES string of the molecule is NCCOCC(=O)NCCCC[C@H](NC(=O)COCCN)C(=O)N[C@@H](CCCCNC(=O)COCCN)C(=O)NCCON. The molecule has 0 aliphatic carbocycles. The number of ether oxygens (including phenoxy) is 3. The van der Waals surface area contributed by atoms with Gasteiger partial charge in [0.05, 0.1) is 26.4 Å². The van der Waals surface area contributed by atoms with Gasteiger partial charge in [-0.15, -0.1) is 0 Å². The molecule has 0 heterocycles. The van der Waals surface area contributed by atoms with Crippen LogP contribution in [0.25, 0.3) is 0 Å². The average Bonchev–Trinajstić information content (AvgIpc) is 2.99. The number of hydrogen-bond acceptors (Lipinski definition) is 13. The smallest absolute Gasteiger partial charge is 0.246 e. The largest absolute Gasteiger partial charge is 0.370 e. The summed E-state index contributed by atoms with van der Waals surface area (Å²) in [6.45, 7) is 2.01. The molecular formula is C26H53N9O9. The second-order valence-electron chi connectivity index (χ2n) is 9.56. The topological polar surface area (TPSA) is 286 Å². The molecule has 0 spiro atoms. The molecule has 18 nitrogen and oxygen atoms in total. The van der Waals surface area contributed by atoms with Crippen LogP contribution < -0.4 is 49.7 Å². The fourth-order valence-electron chi connectivity index (χ4n) is 3.65. The molecule has 2 atom stereocenters. The van der Waals surface area contributed by atoms with E-state index in [2.05, 4.69) is 31.4 Å². The van der Waals surface area contributed by atoms with Crippen LogP contribution in [0.1, 0.15) is 38.5 Å². The number of unbranched alkanes of at least 4 members (excludes halogenated alkanes) is 2. The minimum Gasteiger partial charge on any atom is -0.370 e. The Morgan fingerprint density at radius 1 is 0.523 bits per heavy atom. The second kappa shape index (κ2) is 28.8. The highest BCUT2D eigenvalue weighted by Crippen LogP contribution is 2.06. The average molecular weight is 636 g/mol. The van der Waals surface area contributed by atoms with Crippen molar-refractivity contribution in [2.24, 2.45) is 23.1 Å². The molecule has 18 heteroatoms. The second-order valence-corrected chi connectivity index (χ2v) is 9.56. The fourth-order valence-corrected chi connectivity index (χ4v) is 3.65. The van der Waals surface area contributed by atoms with Crippen molar-refractivity contribution < 1.29 is 43.0 Å². The van der Waals surface area contributed by atoms with Crippen LogP contribution in [0.4, 0.5) is 0 Å². The van der Waals surface area contributed by atoms with Crippen molar-refractivity contribution in [3.05, 3.63) is 0 Å². The maximum absolute atomic E-state index is 13.3. The summed E-state index contributed by atoms with van der Waals surface area (Å²) in [4.78, 5) is 66.6. The predicted octanol–water partition coefficient (Wildman–Crippen LogP) is -4.54. The van der Waals surface area contributed by atoms with Gasteiger partial charge in [0.25, 0.3) is 0 Å². The number of nitrogens with two attached hydrogens (primary N) is 4. The molecule has 5 amide bonds. The van der Waals surface area contributed by atoms with Crippen LogP contribution in [0.5, 0.6) is 0 Å². The Balaban J connectivity index is 5.11. The number of amides is 5. The van der Waals surface area contributed by atoms with Gasteiger partial charge in [-0.25, -0.2) is 5.90 Å². The van der Waals surface area contributed by atoms with Crippen molar-refractivity contribution in [3.8, 4) is 0 Å². The van der Waals surface area contributed by atoms with Gasteiger partial charge in [-0.2, -0.15) is 0 Å². The molecular weight excluding hydrogens is 582 g/mol. The van der Waals surface area contributed by atoms with Crippen molar-refractivity contribution in [1.29, 1.82) is 0 Å². The zero-order chi connectivity index (χ0) is 32.8. The van der Waals surface area contributed by atoms with Crippen molar-refractivity contribution in [2.75, 3.05) is 85.5 Å². The summed E-state index contributed by atoms with van der Waals surface area (Å²) in [7, 11) is 0. The molecule has 0 unspecified atom stereocenters. The van der Waals surface area contributed by atoms with Crippen LogP contribution in [0.2, 0.25) is 0 Å². The van der Waals surface area contributed by atoms with E-state index in [9.17, 15) is 24.0 Å². The predicted molar refractivity (Wildman–Crippen MR) is 160 cm³/mol. The monoisotopic (exact) mass is 635 g/mol. The van der Waals surface area contributed by atoms with Crippen LogP contribution >= 0.6 is 0 Å². The summed E-state index contributed by atoms with van der Waals surface area (Å²) in [5.41, 5.74) is 16.0. The Hall–Kier alpha value is -2.97. The molecule has 0 fully saturated rings. The molecule has 0 saturated heterocycles. The Morgan fingerprint density at radius 2 is 0.977 bits per heavy atom. The molecule has 0 aromatic rings. The first kappa shape index (κ1) is 41.0. The Labute approximate surface area is 258 Å². The van der Waals surface area contributed by atoms with E-state index < -0.39 is 29.8 Å². The molecule has 0 aromatic carbocycles. The first-order valence-corrected chi connectivity index (χ1v) is 14.8. The molecule has 0 saturated carbocycles. The van der Waals surface area contributed by atoms with E-state index in [0.717, 1.165) is 0 Å². The van der Waals surface area contributed by atoms with Gasteiger partial charge in [0, 0.05) is 39.3 Å². The first-order valence-electron chi connectivity index (χ1n) is 14.8. The van der Waals surface area contributed by atoms with Crippen LogP contribution in [-0.2, 0) is 43.0 Å². The van der Waals surface area contributed by atoms with Gasteiger partial charge in [0.1, 0.15) is 31.9 Å². The molecule has 0 rings (SSSR count). The third kappa shape index (κ3) is 23.5. The Bertz CT molecular complexity index is 809. The van der Waals surface area contributed by atoms with Gasteiger partial charge >= 0.3 is 0 Å². The van der Waals surface area contributed by atoms with Gasteiger partial charge in [-0.05, 0) is 38.5 Å². The third-order valence-electron chi connectivity index (χ3n) is 5.77. The molecule has 0 aliphatic rings. The van der Waals surface area contributed by atoms with Gasteiger partial charge in [0.15, 0.2) is 0 Å². The summed E-state index contributed by atoms with van der Waals surface area (Å²) in [6.07, 6.45) is 2.54. The molecule has 0 bridgehead atoms. The lowest BCUT2D eigenvalue weighted by Crippen LogP contribution is -2.54. The maximum Gasteiger partial charge on any atom is 0.246 e. The lowest BCUT2D eigenvalue weighted by molar-refractivity contribution is -0.133. The normalized spacial score (nSPS) is 12.2. The van der Waals surface area contributed by atoms with E-state index in [1.807, 2.05) is 0 Å². The Morgan fingerprint density at radius 3 is 1.43 bits per heavy atom. The molecule has 0 radical (unpaired) electrons. The highest BCUT2D eigenvalue weighted by molar-refractivity contribution is 5.92. The third-order valence-corrected chi connectivity index (χ3v) is 5.77. The van der Waals surface area contributed by atoms with E-state index in [1.165, 1.54) is 0 Å². The summed E-state index contributed by atoms with van der Waals surface area (Å²) in [5, 5.41) is 13.4. The fraction of sp³-hybridized carbons (Fsp3) is 0.808. The van der Waals surface area contributed by atoms with Gasteiger partial charge < -0.3 is 62.8 Å². The number of rotatable bonds is 29. The van der Waals surface area contributed by atoms with Gasteiger partial charge in [0.2, 0.25) is 29.5 Å². The first-order chi connectivity index (χ1) is 21.3. The highest BCUT2D eigenvalue weighted by atomic mass is 16.6. The zero-order valence-electron chi connectivity index (χ0n) is 25.6. The molecule has 256 valence electrons. The highest BCUT2D eigenvalue weighted by Gasteiger charge is 2.26. The number of nitrogens with one attached hydrogen (secondary N) is 5.